The van der Waals surface area contributed by atoms with Gasteiger partial charge in [-0.2, -0.15) is 0 Å². The highest BCUT2D eigenvalue weighted by molar-refractivity contribution is 9.10. The monoisotopic (exact) mass is 408 g/mol. The zero-order valence-electron chi connectivity index (χ0n) is 9.85. The maximum absolute atomic E-state index is 13.9. The molecular formula is C14H9Br2ClF2. The Morgan fingerprint density at radius 1 is 1.00 bits per heavy atom. The molecule has 2 aromatic rings. The Kier molecular flexibility index (Phi) is 4.64. The van der Waals surface area contributed by atoms with Gasteiger partial charge in [-0.05, 0) is 52.2 Å². The van der Waals surface area contributed by atoms with Crippen LogP contribution >= 0.6 is 43.5 Å². The van der Waals surface area contributed by atoms with Gasteiger partial charge in [0.05, 0.1) is 9.85 Å². The average molecular weight is 410 g/mol. The molecular weight excluding hydrogens is 401 g/mol. The van der Waals surface area contributed by atoms with Crippen molar-refractivity contribution < 1.29 is 8.78 Å². The molecule has 1 atom stereocenters. The molecule has 19 heavy (non-hydrogen) atoms. The summed E-state index contributed by atoms with van der Waals surface area (Å²) in [7, 11) is 0. The molecule has 0 aliphatic rings. The first-order chi connectivity index (χ1) is 8.91. The Bertz CT molecular complexity index is 629. The zero-order chi connectivity index (χ0) is 14.2. The van der Waals surface area contributed by atoms with E-state index in [1.54, 1.807) is 6.07 Å². The lowest BCUT2D eigenvalue weighted by Gasteiger charge is -2.15. The van der Waals surface area contributed by atoms with Gasteiger partial charge in [-0.3, -0.25) is 0 Å². The van der Waals surface area contributed by atoms with Crippen LogP contribution in [0.2, 0.25) is 0 Å². The van der Waals surface area contributed by atoms with Gasteiger partial charge in [0, 0.05) is 10.0 Å². The van der Waals surface area contributed by atoms with Crippen molar-refractivity contribution in [3.05, 3.63) is 67.6 Å². The molecule has 0 aliphatic carbocycles. The minimum atomic E-state index is -0.736. The van der Waals surface area contributed by atoms with Crippen LogP contribution in [0, 0.1) is 18.6 Å². The molecule has 0 amide bonds. The molecule has 0 nitrogen and oxygen atoms in total. The number of benzene rings is 2. The maximum atomic E-state index is 13.9. The van der Waals surface area contributed by atoms with E-state index in [-0.39, 0.29) is 10.0 Å². The summed E-state index contributed by atoms with van der Waals surface area (Å²) >= 11 is 12.6. The first-order valence-corrected chi connectivity index (χ1v) is 7.47. The van der Waals surface area contributed by atoms with Gasteiger partial charge in [0.25, 0.3) is 0 Å². The highest BCUT2D eigenvalue weighted by Crippen LogP contribution is 2.36. The molecule has 100 valence electrons. The Hall–Kier alpha value is -0.450. The topological polar surface area (TPSA) is 0 Å². The van der Waals surface area contributed by atoms with Gasteiger partial charge in [-0.15, -0.1) is 11.6 Å². The van der Waals surface area contributed by atoms with Crippen LogP contribution in [0.15, 0.2) is 39.3 Å². The second kappa shape index (κ2) is 5.90. The minimum absolute atomic E-state index is 0.0866. The number of alkyl halides is 1. The van der Waals surface area contributed by atoms with Gasteiger partial charge in [-0.25, -0.2) is 8.78 Å². The Morgan fingerprint density at radius 2 is 1.68 bits per heavy atom. The fourth-order valence-electron chi connectivity index (χ4n) is 1.80. The molecule has 0 bridgehead atoms. The largest absolute Gasteiger partial charge is 0.207 e. The fraction of sp³-hybridized carbons (Fsp3) is 0.143. The minimum Gasteiger partial charge on any atom is -0.207 e. The van der Waals surface area contributed by atoms with E-state index in [0.29, 0.717) is 0 Å². The predicted molar refractivity (Wildman–Crippen MR) is 80.6 cm³/mol. The van der Waals surface area contributed by atoms with Crippen molar-refractivity contribution in [2.24, 2.45) is 0 Å². The summed E-state index contributed by atoms with van der Waals surface area (Å²) in [6.07, 6.45) is 0. The van der Waals surface area contributed by atoms with E-state index in [4.69, 9.17) is 11.6 Å². The standard InChI is InChI=1S/C14H9Br2ClF2/c1-7-8(3-2-4-10(7)15)14(17)9-5-13(19)11(16)6-12(9)18/h2-6,14H,1H3. The molecule has 0 fully saturated rings. The summed E-state index contributed by atoms with van der Waals surface area (Å²) in [5.74, 6) is -1.07. The van der Waals surface area contributed by atoms with E-state index in [9.17, 15) is 8.78 Å². The van der Waals surface area contributed by atoms with Crippen molar-refractivity contribution in [2.75, 3.05) is 0 Å². The van der Waals surface area contributed by atoms with Crippen molar-refractivity contribution in [1.29, 1.82) is 0 Å². The van der Waals surface area contributed by atoms with Gasteiger partial charge in [0.2, 0.25) is 0 Å². The van der Waals surface area contributed by atoms with E-state index in [1.165, 1.54) is 0 Å². The summed E-state index contributed by atoms with van der Waals surface area (Å²) < 4.78 is 28.4. The van der Waals surface area contributed by atoms with E-state index in [0.717, 1.165) is 27.7 Å². The smallest absolute Gasteiger partial charge is 0.137 e. The first-order valence-electron chi connectivity index (χ1n) is 5.45. The Balaban J connectivity index is 2.53. The molecule has 2 aromatic carbocycles. The lowest BCUT2D eigenvalue weighted by molar-refractivity contribution is 0.582. The molecule has 0 saturated carbocycles. The molecule has 1 unspecified atom stereocenters. The molecule has 0 saturated heterocycles. The zero-order valence-corrected chi connectivity index (χ0v) is 13.8. The molecule has 0 heterocycles. The highest BCUT2D eigenvalue weighted by atomic mass is 79.9. The van der Waals surface area contributed by atoms with Gasteiger partial charge in [0.15, 0.2) is 0 Å². The fourth-order valence-corrected chi connectivity index (χ4v) is 2.90. The van der Waals surface area contributed by atoms with Crippen molar-refractivity contribution in [3.8, 4) is 0 Å². The van der Waals surface area contributed by atoms with Crippen LogP contribution in [0.4, 0.5) is 8.78 Å². The van der Waals surface area contributed by atoms with E-state index in [1.807, 2.05) is 19.1 Å². The summed E-state index contributed by atoms with van der Waals surface area (Å²) in [5.41, 5.74) is 1.78. The van der Waals surface area contributed by atoms with Gasteiger partial charge < -0.3 is 0 Å². The number of hydrogen-bond acceptors (Lipinski definition) is 0. The van der Waals surface area contributed by atoms with E-state index in [2.05, 4.69) is 31.9 Å². The van der Waals surface area contributed by atoms with Gasteiger partial charge in [-0.1, -0.05) is 28.1 Å². The number of hydrogen-bond donors (Lipinski definition) is 0. The summed E-state index contributed by atoms with van der Waals surface area (Å²) in [6, 6.07) is 7.71. The highest BCUT2D eigenvalue weighted by Gasteiger charge is 2.20. The summed E-state index contributed by atoms with van der Waals surface area (Å²) in [6.45, 7) is 1.88. The van der Waals surface area contributed by atoms with E-state index >= 15 is 0 Å². The van der Waals surface area contributed by atoms with Crippen LogP contribution in [0.1, 0.15) is 22.1 Å². The molecule has 0 N–H and O–H groups in total. The van der Waals surface area contributed by atoms with Crippen LogP contribution in [0.25, 0.3) is 0 Å². The van der Waals surface area contributed by atoms with Crippen LogP contribution in [0.5, 0.6) is 0 Å². The van der Waals surface area contributed by atoms with Crippen LogP contribution in [-0.2, 0) is 0 Å². The molecule has 0 spiro atoms. The van der Waals surface area contributed by atoms with Crippen LogP contribution < -0.4 is 0 Å². The molecule has 0 radical (unpaired) electrons. The lowest BCUT2D eigenvalue weighted by atomic mass is 9.99. The normalized spacial score (nSPS) is 12.5. The van der Waals surface area contributed by atoms with Gasteiger partial charge in [0.1, 0.15) is 11.6 Å². The van der Waals surface area contributed by atoms with Crippen molar-refractivity contribution in [1.82, 2.24) is 0 Å². The van der Waals surface area contributed by atoms with Crippen molar-refractivity contribution in [2.45, 2.75) is 12.3 Å². The van der Waals surface area contributed by atoms with Crippen molar-refractivity contribution >= 4 is 43.5 Å². The molecule has 5 heteroatoms. The van der Waals surface area contributed by atoms with Crippen LogP contribution in [0.3, 0.4) is 0 Å². The first kappa shape index (κ1) is 14.9. The number of halogens is 5. The van der Waals surface area contributed by atoms with Crippen molar-refractivity contribution in [3.63, 3.8) is 0 Å². The second-order valence-electron chi connectivity index (χ2n) is 4.10. The molecule has 0 aliphatic heterocycles. The third kappa shape index (κ3) is 3.01. The molecule has 0 aromatic heterocycles. The quantitative estimate of drug-likeness (QED) is 0.413. The third-order valence-electron chi connectivity index (χ3n) is 2.90. The predicted octanol–water partition coefficient (Wildman–Crippen LogP) is 6.13. The average Bonchev–Trinajstić information content (AvgIpc) is 2.36. The summed E-state index contributed by atoms with van der Waals surface area (Å²) in [4.78, 5) is 0. The number of rotatable bonds is 2. The van der Waals surface area contributed by atoms with Gasteiger partial charge >= 0.3 is 0 Å². The third-order valence-corrected chi connectivity index (χ3v) is 4.83. The Labute approximate surface area is 132 Å². The molecule has 2 rings (SSSR count). The maximum Gasteiger partial charge on any atom is 0.137 e. The Morgan fingerprint density at radius 3 is 2.37 bits per heavy atom. The lowest BCUT2D eigenvalue weighted by Crippen LogP contribution is -2.01. The van der Waals surface area contributed by atoms with E-state index < -0.39 is 17.0 Å². The summed E-state index contributed by atoms with van der Waals surface area (Å²) in [5, 5.41) is -0.736. The van der Waals surface area contributed by atoms with Crippen LogP contribution in [-0.4, -0.2) is 0 Å². The second-order valence-corrected chi connectivity index (χ2v) is 6.25. The SMILES string of the molecule is Cc1c(Br)cccc1C(Cl)c1cc(F)c(Br)cc1F.